The number of aryl methyl sites for hydroxylation is 2. The van der Waals surface area contributed by atoms with Crippen molar-refractivity contribution in [2.75, 3.05) is 0 Å². The first-order chi connectivity index (χ1) is 8.22. The number of imidazole rings is 1. The highest BCUT2D eigenvalue weighted by atomic mass is 14.9. The number of rotatable bonds is 1. The molecular weight excluding hydrogens is 210 g/mol. The lowest BCUT2D eigenvalue weighted by atomic mass is 10.2. The summed E-state index contributed by atoms with van der Waals surface area (Å²) in [5.74, 6) is 0.825. The van der Waals surface area contributed by atoms with Gasteiger partial charge in [0.25, 0.3) is 0 Å². The van der Waals surface area contributed by atoms with Gasteiger partial charge in [0.2, 0.25) is 0 Å². The predicted molar refractivity (Wildman–Crippen MR) is 68.8 cm³/mol. The summed E-state index contributed by atoms with van der Waals surface area (Å²) in [6.45, 7) is 4.10. The second kappa shape index (κ2) is 3.70. The van der Waals surface area contributed by atoms with Crippen molar-refractivity contribution in [3.05, 3.63) is 47.7 Å². The third-order valence-electron chi connectivity index (χ3n) is 2.79. The van der Waals surface area contributed by atoms with Gasteiger partial charge in [0.1, 0.15) is 5.69 Å². The van der Waals surface area contributed by atoms with E-state index in [0.29, 0.717) is 0 Å². The van der Waals surface area contributed by atoms with Crippen molar-refractivity contribution in [3.63, 3.8) is 0 Å². The fraction of sp³-hybridized carbons (Fsp3) is 0.143. The van der Waals surface area contributed by atoms with Crippen LogP contribution in [0.2, 0.25) is 0 Å². The Kier molecular flexibility index (Phi) is 2.18. The van der Waals surface area contributed by atoms with E-state index in [-0.39, 0.29) is 0 Å². The molecule has 0 spiro atoms. The molecule has 1 aromatic carbocycles. The van der Waals surface area contributed by atoms with Gasteiger partial charge >= 0.3 is 0 Å². The molecule has 0 unspecified atom stereocenters. The van der Waals surface area contributed by atoms with Crippen LogP contribution in [0.25, 0.3) is 22.6 Å². The molecular formula is C14H13N3. The second-order valence-electron chi connectivity index (χ2n) is 4.33. The van der Waals surface area contributed by atoms with Crippen molar-refractivity contribution < 1.29 is 0 Å². The topological polar surface area (TPSA) is 41.6 Å². The van der Waals surface area contributed by atoms with Gasteiger partial charge in [0, 0.05) is 6.20 Å². The van der Waals surface area contributed by atoms with E-state index in [2.05, 4.69) is 34.0 Å². The maximum atomic E-state index is 4.54. The van der Waals surface area contributed by atoms with Crippen molar-refractivity contribution in [3.8, 4) is 11.5 Å². The molecule has 0 aliphatic carbocycles. The number of fused-ring (bicyclic) bond motifs is 1. The van der Waals surface area contributed by atoms with E-state index < -0.39 is 0 Å². The van der Waals surface area contributed by atoms with E-state index in [1.165, 1.54) is 5.56 Å². The van der Waals surface area contributed by atoms with Gasteiger partial charge in [0.05, 0.1) is 11.0 Å². The smallest absolute Gasteiger partial charge is 0.157 e. The van der Waals surface area contributed by atoms with E-state index >= 15 is 0 Å². The average Bonchev–Trinajstić information content (AvgIpc) is 2.72. The molecule has 0 fully saturated rings. The van der Waals surface area contributed by atoms with Gasteiger partial charge in [-0.3, -0.25) is 4.98 Å². The van der Waals surface area contributed by atoms with E-state index in [9.17, 15) is 0 Å². The highest BCUT2D eigenvalue weighted by Crippen LogP contribution is 2.19. The monoisotopic (exact) mass is 223 g/mol. The minimum atomic E-state index is 0.825. The van der Waals surface area contributed by atoms with Crippen molar-refractivity contribution in [2.24, 2.45) is 0 Å². The van der Waals surface area contributed by atoms with Gasteiger partial charge in [-0.05, 0) is 43.2 Å². The lowest BCUT2D eigenvalue weighted by Gasteiger charge is -1.95. The van der Waals surface area contributed by atoms with Crippen LogP contribution < -0.4 is 0 Å². The van der Waals surface area contributed by atoms with Gasteiger partial charge in [-0.1, -0.05) is 12.1 Å². The molecule has 2 aromatic heterocycles. The Balaban J connectivity index is 2.14. The van der Waals surface area contributed by atoms with Crippen LogP contribution in [0.15, 0.2) is 36.5 Å². The number of H-pyrrole nitrogens is 1. The zero-order valence-electron chi connectivity index (χ0n) is 9.86. The fourth-order valence-corrected chi connectivity index (χ4v) is 1.85. The Hall–Kier alpha value is -2.16. The Bertz CT molecular complexity index is 666. The van der Waals surface area contributed by atoms with E-state index in [1.54, 1.807) is 0 Å². The van der Waals surface area contributed by atoms with Crippen LogP contribution >= 0.6 is 0 Å². The first kappa shape index (κ1) is 10.0. The number of nitrogens with one attached hydrogen (secondary N) is 1. The molecule has 3 heteroatoms. The molecule has 3 aromatic rings. The number of aromatic amines is 1. The van der Waals surface area contributed by atoms with Crippen LogP contribution in [0.1, 0.15) is 11.1 Å². The van der Waals surface area contributed by atoms with Crippen LogP contribution in [0, 0.1) is 13.8 Å². The largest absolute Gasteiger partial charge is 0.337 e. The molecule has 0 radical (unpaired) electrons. The normalized spacial score (nSPS) is 10.9. The number of aromatic nitrogens is 3. The minimum absolute atomic E-state index is 0.825. The highest BCUT2D eigenvalue weighted by molar-refractivity contribution is 5.79. The summed E-state index contributed by atoms with van der Waals surface area (Å²) in [6.07, 6.45) is 1.85. The Morgan fingerprint density at radius 3 is 2.59 bits per heavy atom. The number of benzene rings is 1. The van der Waals surface area contributed by atoms with Gasteiger partial charge < -0.3 is 4.98 Å². The van der Waals surface area contributed by atoms with Crippen LogP contribution in [0.5, 0.6) is 0 Å². The Morgan fingerprint density at radius 2 is 1.82 bits per heavy atom. The summed E-state index contributed by atoms with van der Waals surface area (Å²) in [4.78, 5) is 12.2. The van der Waals surface area contributed by atoms with Gasteiger partial charge in [-0.2, -0.15) is 0 Å². The molecule has 0 aliphatic rings. The first-order valence-corrected chi connectivity index (χ1v) is 5.62. The van der Waals surface area contributed by atoms with Gasteiger partial charge in [0.15, 0.2) is 5.82 Å². The molecule has 0 atom stereocenters. The third kappa shape index (κ3) is 1.80. The molecule has 84 valence electrons. The summed E-state index contributed by atoms with van der Waals surface area (Å²) in [5.41, 5.74) is 5.30. The van der Waals surface area contributed by atoms with E-state index in [0.717, 1.165) is 28.1 Å². The summed E-state index contributed by atoms with van der Waals surface area (Å²) in [7, 11) is 0. The molecule has 0 saturated carbocycles. The van der Waals surface area contributed by atoms with Crippen molar-refractivity contribution in [1.82, 2.24) is 15.0 Å². The van der Waals surface area contributed by atoms with E-state index in [1.807, 2.05) is 31.3 Å². The molecule has 0 aliphatic heterocycles. The van der Waals surface area contributed by atoms with Crippen LogP contribution in [-0.4, -0.2) is 15.0 Å². The van der Waals surface area contributed by atoms with Crippen LogP contribution in [0.3, 0.4) is 0 Å². The molecule has 0 saturated heterocycles. The Morgan fingerprint density at radius 1 is 1.00 bits per heavy atom. The molecule has 3 nitrogen and oxygen atoms in total. The summed E-state index contributed by atoms with van der Waals surface area (Å²) in [5, 5.41) is 0. The lowest BCUT2D eigenvalue weighted by Crippen LogP contribution is -1.85. The Labute approximate surface area is 99.5 Å². The van der Waals surface area contributed by atoms with Gasteiger partial charge in [-0.25, -0.2) is 4.98 Å². The highest BCUT2D eigenvalue weighted by Gasteiger charge is 2.05. The number of hydrogen-bond donors (Lipinski definition) is 1. The maximum Gasteiger partial charge on any atom is 0.157 e. The quantitative estimate of drug-likeness (QED) is 0.688. The summed E-state index contributed by atoms with van der Waals surface area (Å²) in [6, 6.07) is 10.2. The second-order valence-corrected chi connectivity index (χ2v) is 4.33. The molecule has 1 N–H and O–H groups in total. The van der Waals surface area contributed by atoms with Crippen LogP contribution in [0.4, 0.5) is 0 Å². The van der Waals surface area contributed by atoms with Crippen molar-refractivity contribution >= 4 is 11.0 Å². The fourth-order valence-electron chi connectivity index (χ4n) is 1.85. The predicted octanol–water partition coefficient (Wildman–Crippen LogP) is 3.24. The lowest BCUT2D eigenvalue weighted by molar-refractivity contribution is 1.21. The molecule has 0 amide bonds. The average molecular weight is 223 g/mol. The zero-order chi connectivity index (χ0) is 11.8. The third-order valence-corrected chi connectivity index (χ3v) is 2.79. The maximum absolute atomic E-state index is 4.54. The summed E-state index contributed by atoms with van der Waals surface area (Å²) >= 11 is 0. The molecule has 0 bridgehead atoms. The zero-order valence-corrected chi connectivity index (χ0v) is 9.86. The molecule has 2 heterocycles. The SMILES string of the molecule is Cc1ccc(-c2nc3ccc(C)cc3[nH]2)nc1. The van der Waals surface area contributed by atoms with Crippen molar-refractivity contribution in [2.45, 2.75) is 13.8 Å². The standard InChI is InChI=1S/C14H13N3/c1-9-3-5-11-13(7-9)17-14(16-11)12-6-4-10(2)8-15-12/h3-8H,1-2H3,(H,16,17). The number of pyridine rings is 1. The van der Waals surface area contributed by atoms with Crippen molar-refractivity contribution in [1.29, 1.82) is 0 Å². The summed E-state index contributed by atoms with van der Waals surface area (Å²) < 4.78 is 0. The number of hydrogen-bond acceptors (Lipinski definition) is 2. The number of nitrogens with zero attached hydrogens (tertiary/aromatic N) is 2. The van der Waals surface area contributed by atoms with Gasteiger partial charge in [-0.15, -0.1) is 0 Å². The minimum Gasteiger partial charge on any atom is -0.337 e. The first-order valence-electron chi connectivity index (χ1n) is 5.62. The molecule has 17 heavy (non-hydrogen) atoms. The van der Waals surface area contributed by atoms with E-state index in [4.69, 9.17) is 0 Å². The van der Waals surface area contributed by atoms with Crippen LogP contribution in [-0.2, 0) is 0 Å². The molecule has 3 rings (SSSR count).